The normalized spacial score (nSPS) is 27.2. The number of aryl methyl sites for hydroxylation is 1. The number of carbonyl (C=O) groups is 5. The highest BCUT2D eigenvalue weighted by atomic mass is 127. The SMILES string of the molecule is C=CC(=O)N1CCN(C(=O)N(C)[C@H](C(=O)N[C@@]2(I)Cc3nc(cs3)-c3ccc4c(c3)c3c(n4CC)-c4cc(N5CCN(C)CC5)cnc4C(I)(OC)C3C(C)(C)COC(=O)[C@@H]3CCCN(N3)C2=O)C(C)C)[C@@H]2CC[C@@H]21. The maximum atomic E-state index is 15.2. The molecule has 3 saturated heterocycles. The number of benzene rings is 1. The van der Waals surface area contributed by atoms with Crippen LogP contribution < -0.4 is 15.6 Å². The number of hydrogen-bond acceptors (Lipinski definition) is 13. The largest absolute Gasteiger partial charge is 0.464 e. The van der Waals surface area contributed by atoms with Crippen LogP contribution in [0.4, 0.5) is 10.5 Å². The lowest BCUT2D eigenvalue weighted by Crippen LogP contribution is -2.69. The summed E-state index contributed by atoms with van der Waals surface area (Å²) in [7, 11) is 5.52. The van der Waals surface area contributed by atoms with Crippen LogP contribution in [-0.4, -0.2) is 170 Å². The number of thiazole rings is 1. The number of esters is 1. The summed E-state index contributed by atoms with van der Waals surface area (Å²) in [5.74, 6) is -2.29. The minimum atomic E-state index is -1.61. The first-order valence-corrected chi connectivity index (χ1v) is 29.3. The Labute approximate surface area is 470 Å². The molecule has 2 unspecified atom stereocenters. The molecule has 2 aliphatic carbocycles. The van der Waals surface area contributed by atoms with Crippen molar-refractivity contribution in [3.8, 4) is 22.5 Å². The number of likely N-dealkylation sites (N-methyl/N-ethyl adjacent to an activating group) is 2. The summed E-state index contributed by atoms with van der Waals surface area (Å²) in [6.07, 6.45) is 5.79. The molecule has 4 aromatic rings. The fourth-order valence-corrected chi connectivity index (χ4v) is 16.2. The molecule has 1 saturated carbocycles. The van der Waals surface area contributed by atoms with Crippen molar-refractivity contribution in [2.24, 2.45) is 11.3 Å². The molecular weight excluding hydrogens is 1200 g/mol. The van der Waals surface area contributed by atoms with Gasteiger partial charge >= 0.3 is 12.0 Å². The highest BCUT2D eigenvalue weighted by Crippen LogP contribution is 2.63. The van der Waals surface area contributed by atoms with Crippen molar-refractivity contribution in [1.29, 1.82) is 0 Å². The molecule has 7 heterocycles. The summed E-state index contributed by atoms with van der Waals surface area (Å²) >= 11 is 5.89. The topological polar surface area (TPSA) is 178 Å². The third kappa shape index (κ3) is 9.43. The lowest BCUT2D eigenvalue weighted by molar-refractivity contribution is -0.157. The lowest BCUT2D eigenvalue weighted by Gasteiger charge is -2.54. The molecule has 6 aliphatic rings. The van der Waals surface area contributed by atoms with Crippen molar-refractivity contribution >= 4 is 103 Å². The van der Waals surface area contributed by atoms with Crippen molar-refractivity contribution in [3.63, 3.8) is 0 Å². The second kappa shape index (κ2) is 20.7. The average Bonchev–Trinajstić information content (AvgIpc) is 3.98. The molecule has 5 amide bonds. The third-order valence-electron chi connectivity index (χ3n) is 16.6. The van der Waals surface area contributed by atoms with E-state index in [1.54, 1.807) is 24.0 Å². The van der Waals surface area contributed by atoms with E-state index < -0.39 is 42.4 Å². The maximum absolute atomic E-state index is 15.2. The molecule has 402 valence electrons. The van der Waals surface area contributed by atoms with Crippen molar-refractivity contribution in [3.05, 3.63) is 64.8 Å². The molecule has 6 bridgehead atoms. The number of methoxy groups -OCH3 is 1. The maximum Gasteiger partial charge on any atom is 0.324 e. The monoisotopic (exact) mass is 1270 g/mol. The summed E-state index contributed by atoms with van der Waals surface area (Å²) in [6.45, 7) is 19.3. The van der Waals surface area contributed by atoms with E-state index in [1.165, 1.54) is 27.3 Å². The number of carbonyl (C=O) groups excluding carboxylic acids is 5. The van der Waals surface area contributed by atoms with Gasteiger partial charge in [-0.3, -0.25) is 29.2 Å². The predicted molar refractivity (Wildman–Crippen MR) is 306 cm³/mol. The molecule has 3 aromatic heterocycles. The Balaban J connectivity index is 1.04. The van der Waals surface area contributed by atoms with Gasteiger partial charge in [-0.05, 0) is 121 Å². The Hall–Kier alpha value is -4.43. The number of amides is 5. The fraction of sp³-hybridized carbons (Fsp3) is 0.574. The first-order chi connectivity index (χ1) is 35.7. The van der Waals surface area contributed by atoms with Gasteiger partial charge < -0.3 is 43.9 Å². The van der Waals surface area contributed by atoms with E-state index in [0.717, 1.165) is 89.4 Å². The molecule has 0 radical (unpaired) electrons. The van der Waals surface area contributed by atoms with Crippen LogP contribution in [0.3, 0.4) is 0 Å². The highest BCUT2D eigenvalue weighted by molar-refractivity contribution is 14.1. The number of urea groups is 1. The first kappa shape index (κ1) is 53.9. The van der Waals surface area contributed by atoms with Gasteiger partial charge in [-0.1, -0.05) is 40.3 Å². The molecule has 4 aliphatic heterocycles. The van der Waals surface area contributed by atoms with Crippen LogP contribution in [0.1, 0.15) is 82.5 Å². The van der Waals surface area contributed by atoms with Crippen LogP contribution in [0.25, 0.3) is 33.4 Å². The predicted octanol–water partition coefficient (Wildman–Crippen LogP) is 6.74. The molecule has 21 heteroatoms. The Morgan fingerprint density at radius 1 is 1.04 bits per heavy atom. The number of anilines is 1. The second-order valence-electron chi connectivity index (χ2n) is 22.1. The number of fused-ring (bicyclic) bond motifs is 9. The van der Waals surface area contributed by atoms with E-state index in [4.69, 9.17) is 19.4 Å². The number of cyclic esters (lactones) is 1. The Morgan fingerprint density at radius 3 is 2.44 bits per heavy atom. The van der Waals surface area contributed by atoms with E-state index >= 15 is 4.79 Å². The molecule has 2 N–H and O–H groups in total. The van der Waals surface area contributed by atoms with Crippen LogP contribution in [0.2, 0.25) is 0 Å². The minimum absolute atomic E-state index is 0.0202. The Morgan fingerprint density at radius 2 is 1.76 bits per heavy atom. The quantitative estimate of drug-likeness (QED) is 0.0626. The van der Waals surface area contributed by atoms with Crippen molar-refractivity contribution < 1.29 is 33.4 Å². The number of hydrazine groups is 1. The number of pyridine rings is 1. The van der Waals surface area contributed by atoms with Crippen molar-refractivity contribution in [2.75, 3.05) is 78.5 Å². The van der Waals surface area contributed by atoms with Gasteiger partial charge in [-0.15, -0.1) is 11.3 Å². The van der Waals surface area contributed by atoms with E-state index in [2.05, 4.69) is 106 Å². The fourth-order valence-electron chi connectivity index (χ4n) is 12.6. The summed E-state index contributed by atoms with van der Waals surface area (Å²) in [6, 6.07) is 6.37. The zero-order chi connectivity index (χ0) is 53.5. The number of nitrogens with one attached hydrogen (secondary N) is 2. The Kier molecular flexibility index (Phi) is 14.9. The number of halogens is 2. The molecule has 4 fully saturated rings. The average molecular weight is 1270 g/mol. The third-order valence-corrected chi connectivity index (χ3v) is 20.1. The van der Waals surface area contributed by atoms with Crippen LogP contribution in [-0.2, 0) is 45.2 Å². The number of alkyl halides is 2. The smallest absolute Gasteiger partial charge is 0.324 e. The Bertz CT molecular complexity index is 2940. The molecule has 18 nitrogen and oxygen atoms in total. The van der Waals surface area contributed by atoms with Gasteiger partial charge in [0.05, 0.1) is 52.7 Å². The van der Waals surface area contributed by atoms with E-state index in [1.807, 2.05) is 48.0 Å². The van der Waals surface area contributed by atoms with Gasteiger partial charge in [0.15, 0.2) is 7.15 Å². The number of hydrogen-bond donors (Lipinski definition) is 2. The molecule has 75 heavy (non-hydrogen) atoms. The number of ether oxygens (including phenoxy) is 2. The summed E-state index contributed by atoms with van der Waals surface area (Å²) in [4.78, 5) is 92.0. The molecule has 1 aromatic carbocycles. The van der Waals surface area contributed by atoms with Gasteiger partial charge in [-0.25, -0.2) is 15.2 Å². The summed E-state index contributed by atoms with van der Waals surface area (Å²) in [5.41, 5.74) is 10.2. The summed E-state index contributed by atoms with van der Waals surface area (Å²) in [5, 5.41) is 8.22. The van der Waals surface area contributed by atoms with Crippen molar-refractivity contribution in [2.45, 2.75) is 111 Å². The number of aromatic nitrogens is 3. The highest BCUT2D eigenvalue weighted by Gasteiger charge is 2.56. The van der Waals surface area contributed by atoms with Gasteiger partial charge in [0.1, 0.15) is 12.1 Å². The number of nitrogens with zero attached hydrogens (tertiary/aromatic N) is 9. The molecule has 7 atom stereocenters. The van der Waals surface area contributed by atoms with Gasteiger partial charge in [0, 0.05) is 112 Å². The van der Waals surface area contributed by atoms with Crippen molar-refractivity contribution in [1.82, 2.24) is 49.9 Å². The van der Waals surface area contributed by atoms with Crippen LogP contribution in [0.5, 0.6) is 0 Å². The zero-order valence-corrected chi connectivity index (χ0v) is 49.3. The van der Waals surface area contributed by atoms with E-state index in [9.17, 15) is 19.2 Å². The standard InChI is InChI=1S/C54H69I2N11O7S/c1-10-42(68)65-23-24-66(40-17-16-39(40)65)51(72)62(8)44(31(3)4)48(69)59-53(55)27-41-58-37(29-75-41)32-14-15-38-34(25-32)43-45(64(38)11-2)35-26-33(63-21-19-61(7)20-22-63)28-57-47(35)54(56,73-9)46(43)52(5,6)30-74-49(70)36-13-12-18-67(60-36)50(53)71/h10,14-15,25-26,28-29,31,36,39-40,44,46,60H,1,11-13,16-24,27,30H2,2-9H3,(H,59,69)/t36-,39-,40+,44-,46?,53-,54?/m0/s1. The van der Waals surface area contributed by atoms with Gasteiger partial charge in [0.25, 0.3) is 5.91 Å². The summed E-state index contributed by atoms with van der Waals surface area (Å²) < 4.78 is 12.9. The molecule has 0 spiro atoms. The zero-order valence-electron chi connectivity index (χ0n) is 44.2. The lowest BCUT2D eigenvalue weighted by atomic mass is 9.67. The molecule has 10 rings (SSSR count). The van der Waals surface area contributed by atoms with Gasteiger partial charge in [0.2, 0.25) is 11.8 Å². The van der Waals surface area contributed by atoms with Crippen LogP contribution in [0.15, 0.2) is 48.5 Å². The molecular formula is C54H69I2N11O7S. The first-order valence-electron chi connectivity index (χ1n) is 26.2. The minimum Gasteiger partial charge on any atom is -0.464 e. The number of rotatable bonds is 8. The van der Waals surface area contributed by atoms with E-state index in [0.29, 0.717) is 37.5 Å². The van der Waals surface area contributed by atoms with Gasteiger partial charge in [-0.2, -0.15) is 0 Å². The van der Waals surface area contributed by atoms with Crippen LogP contribution in [0, 0.1) is 11.3 Å². The number of piperazine rings is 2. The second-order valence-corrected chi connectivity index (χ2v) is 26.5. The van der Waals surface area contributed by atoms with Crippen LogP contribution >= 0.6 is 56.5 Å². The van der Waals surface area contributed by atoms with E-state index in [-0.39, 0.29) is 55.4 Å².